The van der Waals surface area contributed by atoms with Crippen molar-refractivity contribution in [3.63, 3.8) is 0 Å². The van der Waals surface area contributed by atoms with Crippen LogP contribution in [0.2, 0.25) is 11.4 Å². The van der Waals surface area contributed by atoms with E-state index in [1.165, 1.54) is 11.4 Å². The summed E-state index contributed by atoms with van der Waals surface area (Å²) in [6, 6.07) is 4.66. The van der Waals surface area contributed by atoms with E-state index in [4.69, 9.17) is 4.98 Å². The number of rotatable bonds is 1. The van der Waals surface area contributed by atoms with Crippen molar-refractivity contribution in [1.82, 2.24) is 4.98 Å². The molecule has 1 rings (SSSR count). The van der Waals surface area contributed by atoms with E-state index in [9.17, 15) is 0 Å². The molecule has 0 radical (unpaired) electrons. The Labute approximate surface area is 111 Å². The molecule has 1 aromatic heterocycles. The van der Waals surface area contributed by atoms with E-state index < -0.39 is 14.7 Å². The number of hydrogen-bond donors (Lipinski definition) is 0. The van der Waals surface area contributed by atoms with Crippen molar-refractivity contribution >= 4 is 19.0 Å². The standard InChI is InChI=1S/C15H26AsN/c1-14(2,3)12-9-11(16(7)8)10-13(17-12)15(4,5)6/h9-10H,1-8H3. The second-order valence-electron chi connectivity index (χ2n) is 6.99. The maximum atomic E-state index is 4.88. The van der Waals surface area contributed by atoms with Gasteiger partial charge in [0.15, 0.2) is 0 Å². The quantitative estimate of drug-likeness (QED) is 0.721. The molecule has 0 saturated heterocycles. The fraction of sp³-hybridized carbons (Fsp3) is 0.667. The monoisotopic (exact) mass is 295 g/mol. The van der Waals surface area contributed by atoms with Crippen LogP contribution in [0.15, 0.2) is 12.1 Å². The molecule has 96 valence electrons. The fourth-order valence-electron chi connectivity index (χ4n) is 1.54. The predicted octanol–water partition coefficient (Wildman–Crippen LogP) is 3.64. The fourth-order valence-corrected chi connectivity index (χ4v) is 3.14. The molecule has 0 saturated carbocycles. The zero-order valence-electron chi connectivity index (χ0n) is 12.5. The number of aromatic nitrogens is 1. The molecule has 2 heteroatoms. The molecule has 0 unspecified atom stereocenters. The first-order valence-corrected chi connectivity index (χ1v) is 10.9. The van der Waals surface area contributed by atoms with Gasteiger partial charge in [-0.15, -0.1) is 0 Å². The van der Waals surface area contributed by atoms with Crippen LogP contribution in [0.5, 0.6) is 0 Å². The van der Waals surface area contributed by atoms with Crippen molar-refractivity contribution in [3.05, 3.63) is 23.5 Å². The molecular weight excluding hydrogens is 269 g/mol. The first-order chi connectivity index (χ1) is 7.51. The topological polar surface area (TPSA) is 12.9 Å². The summed E-state index contributed by atoms with van der Waals surface area (Å²) in [5, 5.41) is 0. The normalized spacial score (nSPS) is 13.2. The molecule has 0 N–H and O–H groups in total. The van der Waals surface area contributed by atoms with Gasteiger partial charge >= 0.3 is 111 Å². The zero-order valence-corrected chi connectivity index (χ0v) is 14.4. The van der Waals surface area contributed by atoms with E-state index in [1.807, 2.05) is 0 Å². The predicted molar refractivity (Wildman–Crippen MR) is 78.8 cm³/mol. The molecule has 0 bridgehead atoms. The summed E-state index contributed by atoms with van der Waals surface area (Å²) in [5.41, 5.74) is 7.54. The first-order valence-electron chi connectivity index (χ1n) is 6.22. The van der Waals surface area contributed by atoms with Crippen LogP contribution in [-0.4, -0.2) is 19.6 Å². The molecular formula is C15H26AsN. The molecule has 0 aliphatic carbocycles. The molecule has 0 spiro atoms. The Bertz CT molecular complexity index is 362. The number of nitrogens with zero attached hydrogens (tertiary/aromatic N) is 1. The average molecular weight is 295 g/mol. The van der Waals surface area contributed by atoms with E-state index in [2.05, 4.69) is 65.1 Å². The second kappa shape index (κ2) is 4.76. The zero-order chi connectivity index (χ0) is 13.4. The van der Waals surface area contributed by atoms with Gasteiger partial charge in [-0.1, -0.05) is 0 Å². The van der Waals surface area contributed by atoms with Gasteiger partial charge in [0.1, 0.15) is 0 Å². The molecule has 0 aromatic carbocycles. The second-order valence-corrected chi connectivity index (χ2v) is 11.8. The Morgan fingerprint density at radius 3 is 1.41 bits per heavy atom. The minimum absolute atomic E-state index is 0.139. The Morgan fingerprint density at radius 2 is 1.18 bits per heavy atom. The Kier molecular flexibility index (Phi) is 4.14. The molecule has 17 heavy (non-hydrogen) atoms. The van der Waals surface area contributed by atoms with Crippen LogP contribution in [0.1, 0.15) is 52.9 Å². The van der Waals surface area contributed by atoms with Crippen LogP contribution in [0.25, 0.3) is 0 Å². The van der Waals surface area contributed by atoms with Gasteiger partial charge in [0.05, 0.1) is 0 Å². The Balaban J connectivity index is 3.40. The molecule has 1 heterocycles. The molecule has 0 aliphatic rings. The Morgan fingerprint density at radius 1 is 0.824 bits per heavy atom. The summed E-state index contributed by atoms with van der Waals surface area (Å²) in [7, 11) is 0. The van der Waals surface area contributed by atoms with E-state index in [0.29, 0.717) is 0 Å². The number of pyridine rings is 1. The van der Waals surface area contributed by atoms with Gasteiger partial charge in [0, 0.05) is 0 Å². The van der Waals surface area contributed by atoms with Crippen LogP contribution in [0.4, 0.5) is 0 Å². The summed E-state index contributed by atoms with van der Waals surface area (Å²) in [4.78, 5) is 4.88. The third-order valence-corrected chi connectivity index (χ3v) is 5.57. The van der Waals surface area contributed by atoms with Crippen molar-refractivity contribution in [2.45, 2.75) is 63.8 Å². The van der Waals surface area contributed by atoms with Crippen molar-refractivity contribution < 1.29 is 0 Å². The van der Waals surface area contributed by atoms with E-state index >= 15 is 0 Å². The van der Waals surface area contributed by atoms with Crippen molar-refractivity contribution in [2.75, 3.05) is 0 Å². The minimum atomic E-state index is -0.835. The van der Waals surface area contributed by atoms with Crippen LogP contribution in [0, 0.1) is 0 Å². The molecule has 1 nitrogen and oxygen atoms in total. The molecule has 0 fully saturated rings. The van der Waals surface area contributed by atoms with Gasteiger partial charge in [-0.05, 0) is 0 Å². The van der Waals surface area contributed by atoms with Gasteiger partial charge < -0.3 is 0 Å². The molecule has 0 amide bonds. The first kappa shape index (κ1) is 14.8. The Hall–Kier alpha value is -0.292. The maximum absolute atomic E-state index is 4.88. The van der Waals surface area contributed by atoms with Gasteiger partial charge in [0.2, 0.25) is 0 Å². The molecule has 0 atom stereocenters. The average Bonchev–Trinajstić information content (AvgIpc) is 2.14. The van der Waals surface area contributed by atoms with Crippen molar-refractivity contribution in [2.24, 2.45) is 0 Å². The van der Waals surface area contributed by atoms with Gasteiger partial charge in [-0.25, -0.2) is 0 Å². The number of hydrogen-bond acceptors (Lipinski definition) is 1. The van der Waals surface area contributed by atoms with Crippen molar-refractivity contribution in [1.29, 1.82) is 0 Å². The summed E-state index contributed by atoms with van der Waals surface area (Å²) < 4.78 is 1.54. The summed E-state index contributed by atoms with van der Waals surface area (Å²) in [6.45, 7) is 13.5. The van der Waals surface area contributed by atoms with Gasteiger partial charge in [-0.2, -0.15) is 0 Å². The summed E-state index contributed by atoms with van der Waals surface area (Å²) in [5.74, 6) is 0. The SMILES string of the molecule is C[As](C)c1cc(C(C)(C)C)nc(C(C)(C)C)c1. The van der Waals surface area contributed by atoms with Gasteiger partial charge in [-0.3, -0.25) is 0 Å². The van der Waals surface area contributed by atoms with Crippen LogP contribution >= 0.6 is 0 Å². The third-order valence-electron chi connectivity index (χ3n) is 2.86. The summed E-state index contributed by atoms with van der Waals surface area (Å²) >= 11 is -0.835. The van der Waals surface area contributed by atoms with E-state index in [-0.39, 0.29) is 10.8 Å². The van der Waals surface area contributed by atoms with E-state index in [1.54, 1.807) is 4.35 Å². The molecule has 0 aliphatic heterocycles. The summed E-state index contributed by atoms with van der Waals surface area (Å²) in [6.07, 6.45) is 0. The van der Waals surface area contributed by atoms with Crippen molar-refractivity contribution in [3.8, 4) is 0 Å². The van der Waals surface area contributed by atoms with Crippen LogP contribution in [-0.2, 0) is 10.8 Å². The molecule has 1 aromatic rings. The van der Waals surface area contributed by atoms with Crippen LogP contribution < -0.4 is 4.35 Å². The van der Waals surface area contributed by atoms with Crippen LogP contribution in [0.3, 0.4) is 0 Å². The third kappa shape index (κ3) is 3.84. The van der Waals surface area contributed by atoms with E-state index in [0.717, 1.165) is 0 Å². The van der Waals surface area contributed by atoms with Gasteiger partial charge in [0.25, 0.3) is 0 Å².